The summed E-state index contributed by atoms with van der Waals surface area (Å²) in [5, 5.41) is 0. The summed E-state index contributed by atoms with van der Waals surface area (Å²) in [5.74, 6) is 0.0628. The van der Waals surface area contributed by atoms with E-state index in [2.05, 4.69) is 18.2 Å². The van der Waals surface area contributed by atoms with Crippen molar-refractivity contribution in [1.29, 1.82) is 0 Å². The van der Waals surface area contributed by atoms with Gasteiger partial charge in [0.25, 0.3) is 0 Å². The van der Waals surface area contributed by atoms with Gasteiger partial charge in [-0.05, 0) is 36.6 Å². The van der Waals surface area contributed by atoms with Crippen LogP contribution < -0.4 is 0 Å². The summed E-state index contributed by atoms with van der Waals surface area (Å²) in [5.41, 5.74) is 4.07. The zero-order valence-electron chi connectivity index (χ0n) is 10.7. The fraction of sp³-hybridized carbons (Fsp3) is 0.118. The third-order valence-electron chi connectivity index (χ3n) is 3.00. The van der Waals surface area contributed by atoms with Gasteiger partial charge >= 0.3 is 0 Å². The quantitative estimate of drug-likeness (QED) is 0.569. The molecule has 0 aromatic heterocycles. The first kappa shape index (κ1) is 12.3. The molecule has 0 atom stereocenters. The van der Waals surface area contributed by atoms with Crippen LogP contribution in [0.3, 0.4) is 0 Å². The number of allylic oxidation sites excluding steroid dienone is 2. The van der Waals surface area contributed by atoms with Gasteiger partial charge in [-0.25, -0.2) is 0 Å². The Morgan fingerprint density at radius 1 is 1.00 bits per heavy atom. The average molecular weight is 236 g/mol. The molecule has 2 aromatic rings. The molecule has 2 rings (SSSR count). The van der Waals surface area contributed by atoms with E-state index >= 15 is 0 Å². The molecule has 1 nitrogen and oxygen atoms in total. The van der Waals surface area contributed by atoms with E-state index in [1.807, 2.05) is 44.2 Å². The Morgan fingerprint density at radius 2 is 1.72 bits per heavy atom. The molecule has 0 N–H and O–H groups in total. The second kappa shape index (κ2) is 5.46. The highest BCUT2D eigenvalue weighted by Gasteiger charge is 2.09. The third kappa shape index (κ3) is 2.40. The molecule has 0 saturated heterocycles. The maximum Gasteiger partial charge on any atom is 0.185 e. The summed E-state index contributed by atoms with van der Waals surface area (Å²) in [7, 11) is 0. The van der Waals surface area contributed by atoms with Crippen molar-refractivity contribution >= 4 is 5.78 Å². The Labute approximate surface area is 108 Å². The van der Waals surface area contributed by atoms with Crippen molar-refractivity contribution in [2.75, 3.05) is 0 Å². The molecule has 0 saturated carbocycles. The smallest absolute Gasteiger partial charge is 0.185 e. The first-order valence-electron chi connectivity index (χ1n) is 6.06. The zero-order valence-corrected chi connectivity index (χ0v) is 10.7. The van der Waals surface area contributed by atoms with Crippen molar-refractivity contribution in [3.63, 3.8) is 0 Å². The molecule has 0 amide bonds. The summed E-state index contributed by atoms with van der Waals surface area (Å²) in [6, 6.07) is 16.0. The second-order valence-electron chi connectivity index (χ2n) is 4.21. The summed E-state index contributed by atoms with van der Waals surface area (Å²) >= 11 is 0. The van der Waals surface area contributed by atoms with Gasteiger partial charge in [0.1, 0.15) is 0 Å². The van der Waals surface area contributed by atoms with Crippen molar-refractivity contribution < 1.29 is 4.79 Å². The molecular formula is C17H16O. The standard InChI is InChI=1S/C17H16O/c1-3-8-17(18)16-12-7-11-15(13(16)2)14-9-5-4-6-10-14/h3-12H,1-2H3/b8-3+. The first-order chi connectivity index (χ1) is 8.74. The Hall–Kier alpha value is -2.15. The van der Waals surface area contributed by atoms with Crippen LogP contribution in [0, 0.1) is 6.92 Å². The lowest BCUT2D eigenvalue weighted by Gasteiger charge is -2.09. The molecule has 0 aliphatic rings. The monoisotopic (exact) mass is 236 g/mol. The largest absolute Gasteiger partial charge is 0.289 e. The molecule has 0 radical (unpaired) electrons. The van der Waals surface area contributed by atoms with E-state index in [1.54, 1.807) is 12.2 Å². The minimum atomic E-state index is 0.0628. The van der Waals surface area contributed by atoms with Crippen LogP contribution in [0.4, 0.5) is 0 Å². The fourth-order valence-electron chi connectivity index (χ4n) is 2.07. The Balaban J connectivity index is 2.52. The molecule has 0 unspecified atom stereocenters. The van der Waals surface area contributed by atoms with E-state index in [-0.39, 0.29) is 5.78 Å². The number of benzene rings is 2. The van der Waals surface area contributed by atoms with Gasteiger partial charge in [0.05, 0.1) is 0 Å². The summed E-state index contributed by atoms with van der Waals surface area (Å²) in [6.45, 7) is 3.85. The first-order valence-corrected chi connectivity index (χ1v) is 6.06. The summed E-state index contributed by atoms with van der Waals surface area (Å²) in [4.78, 5) is 12.0. The molecule has 2 aromatic carbocycles. The maximum absolute atomic E-state index is 12.0. The number of hydrogen-bond donors (Lipinski definition) is 0. The van der Waals surface area contributed by atoms with Crippen LogP contribution in [0.25, 0.3) is 11.1 Å². The molecule has 0 aliphatic carbocycles. The van der Waals surface area contributed by atoms with Gasteiger partial charge in [-0.2, -0.15) is 0 Å². The van der Waals surface area contributed by atoms with Crippen molar-refractivity contribution in [1.82, 2.24) is 0 Å². The maximum atomic E-state index is 12.0. The van der Waals surface area contributed by atoms with E-state index in [9.17, 15) is 4.79 Å². The summed E-state index contributed by atoms with van der Waals surface area (Å²) < 4.78 is 0. The van der Waals surface area contributed by atoms with Crippen LogP contribution in [-0.4, -0.2) is 5.78 Å². The predicted octanol–water partition coefficient (Wildman–Crippen LogP) is 4.42. The SMILES string of the molecule is C/C=C/C(=O)c1cccc(-c2ccccc2)c1C. The minimum Gasteiger partial charge on any atom is -0.289 e. The Bertz CT molecular complexity index is 580. The van der Waals surface area contributed by atoms with Crippen LogP contribution in [0.5, 0.6) is 0 Å². The number of carbonyl (C=O) groups excluding carboxylic acids is 1. The van der Waals surface area contributed by atoms with Gasteiger partial charge in [-0.15, -0.1) is 0 Å². The average Bonchev–Trinajstić information content (AvgIpc) is 2.40. The van der Waals surface area contributed by atoms with Gasteiger partial charge in [-0.3, -0.25) is 4.79 Å². The van der Waals surface area contributed by atoms with E-state index < -0.39 is 0 Å². The second-order valence-corrected chi connectivity index (χ2v) is 4.21. The van der Waals surface area contributed by atoms with Crippen LogP contribution in [0.15, 0.2) is 60.7 Å². The predicted molar refractivity (Wildman–Crippen MR) is 75.8 cm³/mol. The molecule has 1 heteroatoms. The highest BCUT2D eigenvalue weighted by Crippen LogP contribution is 2.25. The topological polar surface area (TPSA) is 17.1 Å². The zero-order chi connectivity index (χ0) is 13.0. The lowest BCUT2D eigenvalue weighted by atomic mass is 9.94. The Morgan fingerprint density at radius 3 is 2.39 bits per heavy atom. The highest BCUT2D eigenvalue weighted by molar-refractivity contribution is 6.06. The highest BCUT2D eigenvalue weighted by atomic mass is 16.1. The Kier molecular flexibility index (Phi) is 3.73. The number of ketones is 1. The van der Waals surface area contributed by atoms with E-state index in [1.165, 1.54) is 0 Å². The van der Waals surface area contributed by atoms with Gasteiger partial charge in [0.15, 0.2) is 5.78 Å². The van der Waals surface area contributed by atoms with Gasteiger partial charge in [0.2, 0.25) is 0 Å². The molecule has 90 valence electrons. The van der Waals surface area contributed by atoms with Crippen molar-refractivity contribution in [3.8, 4) is 11.1 Å². The van der Waals surface area contributed by atoms with Crippen LogP contribution in [0.2, 0.25) is 0 Å². The lowest BCUT2D eigenvalue weighted by molar-refractivity contribution is 0.104. The van der Waals surface area contributed by atoms with E-state index in [4.69, 9.17) is 0 Å². The molecular weight excluding hydrogens is 220 g/mol. The van der Waals surface area contributed by atoms with Crippen molar-refractivity contribution in [3.05, 3.63) is 71.8 Å². The molecule has 0 aliphatic heterocycles. The van der Waals surface area contributed by atoms with E-state index in [0.29, 0.717) is 0 Å². The molecule has 0 bridgehead atoms. The van der Waals surface area contributed by atoms with Crippen LogP contribution in [0.1, 0.15) is 22.8 Å². The van der Waals surface area contributed by atoms with Crippen LogP contribution in [-0.2, 0) is 0 Å². The number of hydrogen-bond acceptors (Lipinski definition) is 1. The molecule has 0 heterocycles. The van der Waals surface area contributed by atoms with Gasteiger partial charge < -0.3 is 0 Å². The van der Waals surface area contributed by atoms with Crippen LogP contribution >= 0.6 is 0 Å². The molecule has 0 fully saturated rings. The minimum absolute atomic E-state index is 0.0628. The molecule has 18 heavy (non-hydrogen) atoms. The number of carbonyl (C=O) groups is 1. The molecule has 0 spiro atoms. The normalized spacial score (nSPS) is 10.8. The fourth-order valence-corrected chi connectivity index (χ4v) is 2.07. The van der Waals surface area contributed by atoms with E-state index in [0.717, 1.165) is 22.3 Å². The van der Waals surface area contributed by atoms with Crippen molar-refractivity contribution in [2.45, 2.75) is 13.8 Å². The lowest BCUT2D eigenvalue weighted by Crippen LogP contribution is -1.99. The van der Waals surface area contributed by atoms with Gasteiger partial charge in [-0.1, -0.05) is 54.6 Å². The number of rotatable bonds is 3. The summed E-state index contributed by atoms with van der Waals surface area (Å²) in [6.07, 6.45) is 3.38. The van der Waals surface area contributed by atoms with Gasteiger partial charge in [0, 0.05) is 5.56 Å². The third-order valence-corrected chi connectivity index (χ3v) is 3.00. The van der Waals surface area contributed by atoms with Crippen molar-refractivity contribution in [2.24, 2.45) is 0 Å².